The lowest BCUT2D eigenvalue weighted by atomic mass is 10.1. The Hall–Kier alpha value is -2.93. The zero-order valence-corrected chi connectivity index (χ0v) is 16.4. The molecule has 2 amide bonds. The molecule has 1 aromatic heterocycles. The van der Waals surface area contributed by atoms with Gasteiger partial charge in [0.1, 0.15) is 5.56 Å². The fourth-order valence-electron chi connectivity index (χ4n) is 3.46. The van der Waals surface area contributed by atoms with Gasteiger partial charge in [-0.25, -0.2) is 0 Å². The Balaban J connectivity index is 1.82. The molecular formula is C21H25N3O4. The molecule has 1 saturated heterocycles. The average molecular weight is 383 g/mol. The number of hydrogen-bond donors (Lipinski definition) is 2. The summed E-state index contributed by atoms with van der Waals surface area (Å²) >= 11 is 0. The number of ether oxygens (including phenoxy) is 1. The smallest absolute Gasteiger partial charge is 0.263 e. The van der Waals surface area contributed by atoms with Gasteiger partial charge in [-0.1, -0.05) is 0 Å². The van der Waals surface area contributed by atoms with Crippen molar-refractivity contribution in [3.8, 4) is 0 Å². The first kappa shape index (κ1) is 19.8. The first-order valence-corrected chi connectivity index (χ1v) is 9.37. The lowest BCUT2D eigenvalue weighted by Crippen LogP contribution is -2.34. The van der Waals surface area contributed by atoms with Crippen LogP contribution in [0.3, 0.4) is 0 Å². The standard InChI is InChI=1S/C21H25N3O4/c1-13-11-14(2)24(12-18-5-4-10-28-18)21(27)19(13)20(26)23-17-8-6-16(7-9-17)22-15(3)25/h6-9,11,18H,4-5,10,12H2,1-3H3,(H,22,25)(H,23,26). The van der Waals surface area contributed by atoms with Gasteiger partial charge < -0.3 is 19.9 Å². The lowest BCUT2D eigenvalue weighted by molar-refractivity contribution is -0.114. The topological polar surface area (TPSA) is 89.4 Å². The van der Waals surface area contributed by atoms with Crippen molar-refractivity contribution in [2.45, 2.75) is 46.3 Å². The fraction of sp³-hybridized carbons (Fsp3) is 0.381. The molecule has 0 aliphatic carbocycles. The number of hydrogen-bond acceptors (Lipinski definition) is 4. The fourth-order valence-corrected chi connectivity index (χ4v) is 3.46. The molecule has 2 aromatic rings. The van der Waals surface area contributed by atoms with E-state index < -0.39 is 5.91 Å². The van der Waals surface area contributed by atoms with Crippen LogP contribution in [-0.2, 0) is 16.1 Å². The van der Waals surface area contributed by atoms with Crippen LogP contribution in [0, 0.1) is 13.8 Å². The second-order valence-corrected chi connectivity index (χ2v) is 7.11. The molecule has 0 saturated carbocycles. The summed E-state index contributed by atoms with van der Waals surface area (Å²) in [5, 5.41) is 5.43. The van der Waals surface area contributed by atoms with Crippen molar-refractivity contribution in [2.24, 2.45) is 0 Å². The number of anilines is 2. The van der Waals surface area contributed by atoms with Crippen molar-refractivity contribution < 1.29 is 14.3 Å². The maximum absolute atomic E-state index is 13.0. The Morgan fingerprint density at radius 3 is 2.36 bits per heavy atom. The van der Waals surface area contributed by atoms with E-state index in [1.165, 1.54) is 6.92 Å². The molecule has 7 heteroatoms. The molecule has 1 aliphatic rings. The molecule has 0 radical (unpaired) electrons. The van der Waals surface area contributed by atoms with E-state index >= 15 is 0 Å². The van der Waals surface area contributed by atoms with E-state index in [-0.39, 0.29) is 23.1 Å². The van der Waals surface area contributed by atoms with E-state index in [0.29, 0.717) is 30.1 Å². The van der Waals surface area contributed by atoms with Crippen LogP contribution in [0.4, 0.5) is 11.4 Å². The van der Waals surface area contributed by atoms with Gasteiger partial charge in [-0.15, -0.1) is 0 Å². The number of aryl methyl sites for hydroxylation is 2. The number of pyridine rings is 1. The van der Waals surface area contributed by atoms with E-state index in [0.717, 1.165) is 18.5 Å². The number of aromatic nitrogens is 1. The molecule has 3 rings (SSSR count). The molecule has 1 aliphatic heterocycles. The minimum atomic E-state index is -0.448. The maximum Gasteiger partial charge on any atom is 0.263 e. The van der Waals surface area contributed by atoms with Crippen molar-refractivity contribution >= 4 is 23.2 Å². The molecule has 7 nitrogen and oxygen atoms in total. The van der Waals surface area contributed by atoms with Crippen molar-refractivity contribution in [1.82, 2.24) is 4.57 Å². The molecule has 2 heterocycles. The van der Waals surface area contributed by atoms with Gasteiger partial charge >= 0.3 is 0 Å². The van der Waals surface area contributed by atoms with E-state index in [2.05, 4.69) is 10.6 Å². The van der Waals surface area contributed by atoms with Crippen LogP contribution in [0.1, 0.15) is 41.4 Å². The van der Waals surface area contributed by atoms with E-state index in [1.54, 1.807) is 35.8 Å². The molecule has 1 unspecified atom stereocenters. The molecule has 1 aromatic carbocycles. The van der Waals surface area contributed by atoms with Gasteiger partial charge in [0.2, 0.25) is 5.91 Å². The largest absolute Gasteiger partial charge is 0.376 e. The minimum absolute atomic E-state index is 0.0105. The number of nitrogens with one attached hydrogen (secondary N) is 2. The van der Waals surface area contributed by atoms with Crippen LogP contribution >= 0.6 is 0 Å². The van der Waals surface area contributed by atoms with Crippen molar-refractivity contribution in [1.29, 1.82) is 0 Å². The first-order valence-electron chi connectivity index (χ1n) is 9.37. The average Bonchev–Trinajstić information content (AvgIpc) is 3.13. The van der Waals surface area contributed by atoms with Gasteiger partial charge in [0.05, 0.1) is 12.6 Å². The third kappa shape index (κ3) is 4.48. The Labute approximate surface area is 163 Å². The van der Waals surface area contributed by atoms with Crippen LogP contribution in [0.25, 0.3) is 0 Å². The predicted molar refractivity (Wildman–Crippen MR) is 108 cm³/mol. The summed E-state index contributed by atoms with van der Waals surface area (Å²) < 4.78 is 7.26. The zero-order valence-electron chi connectivity index (χ0n) is 16.4. The van der Waals surface area contributed by atoms with Gasteiger partial charge in [-0.2, -0.15) is 0 Å². The first-order chi connectivity index (χ1) is 13.3. The van der Waals surface area contributed by atoms with Gasteiger partial charge in [0.25, 0.3) is 11.5 Å². The second kappa shape index (κ2) is 8.39. The van der Waals surface area contributed by atoms with Crippen LogP contribution in [0.5, 0.6) is 0 Å². The molecule has 1 fully saturated rings. The number of nitrogens with zero attached hydrogens (tertiary/aromatic N) is 1. The van der Waals surface area contributed by atoms with Crippen LogP contribution in [0.15, 0.2) is 35.1 Å². The predicted octanol–water partition coefficient (Wildman–Crippen LogP) is 2.85. The molecule has 2 N–H and O–H groups in total. The van der Waals surface area contributed by atoms with Gasteiger partial charge in [-0.3, -0.25) is 14.4 Å². The highest BCUT2D eigenvalue weighted by Crippen LogP contribution is 2.17. The molecular weight excluding hydrogens is 358 g/mol. The third-order valence-corrected chi connectivity index (χ3v) is 4.80. The van der Waals surface area contributed by atoms with Crippen LogP contribution in [-0.4, -0.2) is 29.1 Å². The number of amides is 2. The molecule has 1 atom stereocenters. The van der Waals surface area contributed by atoms with Crippen molar-refractivity contribution in [2.75, 3.05) is 17.2 Å². The van der Waals surface area contributed by atoms with Crippen LogP contribution < -0.4 is 16.2 Å². The second-order valence-electron chi connectivity index (χ2n) is 7.11. The van der Waals surface area contributed by atoms with Gasteiger partial charge in [0.15, 0.2) is 0 Å². The quantitative estimate of drug-likeness (QED) is 0.831. The Kier molecular flexibility index (Phi) is 5.94. The van der Waals surface area contributed by atoms with Gasteiger partial charge in [-0.05, 0) is 62.6 Å². The Morgan fingerprint density at radius 2 is 1.79 bits per heavy atom. The summed E-state index contributed by atoms with van der Waals surface area (Å²) in [6.45, 7) is 6.23. The number of rotatable bonds is 5. The summed E-state index contributed by atoms with van der Waals surface area (Å²) in [5.74, 6) is -0.616. The maximum atomic E-state index is 13.0. The van der Waals surface area contributed by atoms with Crippen LogP contribution in [0.2, 0.25) is 0 Å². The SMILES string of the molecule is CC(=O)Nc1ccc(NC(=O)c2c(C)cc(C)n(CC3CCCO3)c2=O)cc1. The Morgan fingerprint density at radius 1 is 1.14 bits per heavy atom. The molecule has 28 heavy (non-hydrogen) atoms. The highest BCUT2D eigenvalue weighted by Gasteiger charge is 2.22. The van der Waals surface area contributed by atoms with Gasteiger partial charge in [0, 0.05) is 30.6 Å². The van der Waals surface area contributed by atoms with E-state index in [4.69, 9.17) is 4.74 Å². The summed E-state index contributed by atoms with van der Waals surface area (Å²) in [7, 11) is 0. The minimum Gasteiger partial charge on any atom is -0.376 e. The highest BCUT2D eigenvalue weighted by atomic mass is 16.5. The molecule has 0 bridgehead atoms. The lowest BCUT2D eigenvalue weighted by Gasteiger charge is -2.17. The summed E-state index contributed by atoms with van der Waals surface area (Å²) in [6, 6.07) is 8.59. The Bertz CT molecular complexity index is 941. The highest BCUT2D eigenvalue weighted by molar-refractivity contribution is 6.05. The number of benzene rings is 1. The number of carbonyl (C=O) groups excluding carboxylic acids is 2. The number of carbonyl (C=O) groups is 2. The van der Waals surface area contributed by atoms with E-state index in [1.807, 2.05) is 13.0 Å². The molecule has 148 valence electrons. The monoisotopic (exact) mass is 383 g/mol. The van der Waals surface area contributed by atoms with E-state index in [9.17, 15) is 14.4 Å². The van der Waals surface area contributed by atoms with Crippen molar-refractivity contribution in [3.63, 3.8) is 0 Å². The summed E-state index contributed by atoms with van der Waals surface area (Å²) in [4.78, 5) is 36.9. The normalized spacial score (nSPS) is 16.0. The summed E-state index contributed by atoms with van der Waals surface area (Å²) in [6.07, 6.45) is 1.92. The molecule has 0 spiro atoms. The van der Waals surface area contributed by atoms with Crippen molar-refractivity contribution in [3.05, 3.63) is 57.5 Å². The third-order valence-electron chi connectivity index (χ3n) is 4.80. The summed E-state index contributed by atoms with van der Waals surface area (Å²) in [5.41, 5.74) is 2.46. The zero-order chi connectivity index (χ0) is 20.3.